The van der Waals surface area contributed by atoms with Gasteiger partial charge >= 0.3 is 0 Å². The van der Waals surface area contributed by atoms with Gasteiger partial charge in [0.1, 0.15) is 5.75 Å². The van der Waals surface area contributed by atoms with Crippen LogP contribution in [0.15, 0.2) is 88.6 Å². The van der Waals surface area contributed by atoms with Gasteiger partial charge in [0, 0.05) is 29.6 Å². The molecule has 0 aliphatic rings. The van der Waals surface area contributed by atoms with Crippen molar-refractivity contribution < 1.29 is 13.2 Å². The fourth-order valence-corrected chi connectivity index (χ4v) is 5.36. The van der Waals surface area contributed by atoms with Crippen molar-refractivity contribution in [3.05, 3.63) is 106 Å². The number of fused-ring (bicyclic) bond motifs is 1. The molecule has 3 aromatic carbocycles. The zero-order valence-corrected chi connectivity index (χ0v) is 21.2. The molecular weight excluding hydrogens is 460 g/mol. The van der Waals surface area contributed by atoms with E-state index in [1.807, 2.05) is 48.5 Å². The van der Waals surface area contributed by atoms with Gasteiger partial charge in [0.2, 0.25) is 10.0 Å². The summed E-state index contributed by atoms with van der Waals surface area (Å²) in [5.74, 6) is 0.656. The first-order chi connectivity index (χ1) is 16.6. The molecule has 35 heavy (non-hydrogen) atoms. The summed E-state index contributed by atoms with van der Waals surface area (Å²) in [7, 11) is -2.31. The number of rotatable bonds is 7. The number of nitrogens with one attached hydrogen (secondary N) is 1. The average Bonchev–Trinajstić information content (AvgIpc) is 2.84. The van der Waals surface area contributed by atoms with Gasteiger partial charge in [-0.3, -0.25) is 4.79 Å². The summed E-state index contributed by atoms with van der Waals surface area (Å²) in [6.07, 6.45) is 0. The standard InChI is InChI=1S/C28H30N2O4S/c1-28(2,3)23-10-13-25(14-11-23)35(32,33)30(18-20-8-6-5-7-9-20)19-22-16-21-17-24(34-4)12-15-26(21)29-27(22)31/h5-17H,18-19H2,1-4H3,(H,29,31). The maximum absolute atomic E-state index is 13.8. The van der Waals surface area contributed by atoms with Gasteiger partial charge < -0.3 is 9.72 Å². The lowest BCUT2D eigenvalue weighted by Gasteiger charge is -2.24. The summed E-state index contributed by atoms with van der Waals surface area (Å²) in [5.41, 5.74) is 2.49. The van der Waals surface area contributed by atoms with Crippen molar-refractivity contribution in [3.63, 3.8) is 0 Å². The molecule has 0 bridgehead atoms. The molecule has 0 saturated heterocycles. The van der Waals surface area contributed by atoms with E-state index in [0.717, 1.165) is 16.5 Å². The highest BCUT2D eigenvalue weighted by Gasteiger charge is 2.27. The Morgan fingerprint density at radius 3 is 2.20 bits per heavy atom. The van der Waals surface area contributed by atoms with Crippen LogP contribution in [0.5, 0.6) is 5.75 Å². The van der Waals surface area contributed by atoms with E-state index in [9.17, 15) is 13.2 Å². The molecule has 6 nitrogen and oxygen atoms in total. The number of aromatic amines is 1. The molecule has 182 valence electrons. The van der Waals surface area contributed by atoms with Crippen molar-refractivity contribution in [2.24, 2.45) is 0 Å². The third-order valence-corrected chi connectivity index (χ3v) is 7.84. The first-order valence-corrected chi connectivity index (χ1v) is 12.9. The van der Waals surface area contributed by atoms with Gasteiger partial charge in [-0.05, 0) is 52.9 Å². The van der Waals surface area contributed by atoms with Crippen LogP contribution in [0.4, 0.5) is 0 Å². The molecule has 0 fully saturated rings. The molecule has 0 amide bonds. The van der Waals surface area contributed by atoms with Crippen molar-refractivity contribution in [2.75, 3.05) is 7.11 Å². The molecule has 4 aromatic rings. The zero-order valence-electron chi connectivity index (χ0n) is 20.4. The van der Waals surface area contributed by atoms with Gasteiger partial charge in [0.15, 0.2) is 0 Å². The predicted molar refractivity (Wildman–Crippen MR) is 139 cm³/mol. The second-order valence-electron chi connectivity index (χ2n) is 9.61. The first-order valence-electron chi connectivity index (χ1n) is 11.4. The molecule has 0 saturated carbocycles. The zero-order chi connectivity index (χ0) is 25.2. The highest BCUT2D eigenvalue weighted by Crippen LogP contribution is 2.26. The Bertz CT molecular complexity index is 1490. The minimum Gasteiger partial charge on any atom is -0.497 e. The maximum Gasteiger partial charge on any atom is 0.252 e. The second-order valence-corrected chi connectivity index (χ2v) is 11.5. The van der Waals surface area contributed by atoms with Crippen LogP contribution in [0.25, 0.3) is 10.9 Å². The Hall–Kier alpha value is -3.42. The average molecular weight is 491 g/mol. The highest BCUT2D eigenvalue weighted by atomic mass is 32.2. The third-order valence-electron chi connectivity index (χ3n) is 6.03. The van der Waals surface area contributed by atoms with Crippen molar-refractivity contribution in [1.29, 1.82) is 0 Å². The number of sulfonamides is 1. The van der Waals surface area contributed by atoms with Crippen molar-refractivity contribution in [3.8, 4) is 5.75 Å². The number of benzene rings is 3. The number of ether oxygens (including phenoxy) is 1. The Labute approximate surface area is 206 Å². The third kappa shape index (κ3) is 5.47. The lowest BCUT2D eigenvalue weighted by Crippen LogP contribution is -2.32. The number of nitrogens with zero attached hydrogens (tertiary/aromatic N) is 1. The van der Waals surface area contributed by atoms with Gasteiger partial charge in [0.05, 0.1) is 12.0 Å². The molecular formula is C28H30N2O4S. The molecule has 4 rings (SSSR count). The van der Waals surface area contributed by atoms with Crippen LogP contribution in [0.3, 0.4) is 0 Å². The number of pyridine rings is 1. The monoisotopic (exact) mass is 490 g/mol. The van der Waals surface area contributed by atoms with E-state index in [-0.39, 0.29) is 29.0 Å². The van der Waals surface area contributed by atoms with Crippen LogP contribution in [0.2, 0.25) is 0 Å². The summed E-state index contributed by atoms with van der Waals surface area (Å²) in [5, 5.41) is 0.769. The molecule has 7 heteroatoms. The van der Waals surface area contributed by atoms with Gasteiger partial charge in [-0.1, -0.05) is 63.2 Å². The van der Waals surface area contributed by atoms with Gasteiger partial charge in [-0.2, -0.15) is 4.31 Å². The smallest absolute Gasteiger partial charge is 0.252 e. The van der Waals surface area contributed by atoms with E-state index in [1.165, 1.54) is 4.31 Å². The molecule has 0 spiro atoms. The predicted octanol–water partition coefficient (Wildman–Crippen LogP) is 5.23. The fraction of sp³-hybridized carbons (Fsp3) is 0.250. The Kier molecular flexibility index (Phi) is 6.83. The number of hydrogen-bond donors (Lipinski definition) is 1. The molecule has 1 N–H and O–H groups in total. The van der Waals surface area contributed by atoms with E-state index in [4.69, 9.17) is 4.74 Å². The summed E-state index contributed by atoms with van der Waals surface area (Å²) in [4.78, 5) is 15.9. The van der Waals surface area contributed by atoms with Crippen molar-refractivity contribution >= 4 is 20.9 Å². The van der Waals surface area contributed by atoms with Gasteiger partial charge in [-0.15, -0.1) is 0 Å². The molecule has 0 radical (unpaired) electrons. The van der Waals surface area contributed by atoms with E-state index in [1.54, 1.807) is 37.4 Å². The maximum atomic E-state index is 13.8. The SMILES string of the molecule is COc1ccc2[nH]c(=O)c(CN(Cc3ccccc3)S(=O)(=O)c3ccc(C(C)(C)C)cc3)cc2c1. The Balaban J connectivity index is 1.76. The van der Waals surface area contributed by atoms with Crippen LogP contribution in [0.1, 0.15) is 37.5 Å². The second kappa shape index (κ2) is 9.68. The minimum atomic E-state index is -3.89. The molecule has 0 aliphatic carbocycles. The Morgan fingerprint density at radius 2 is 1.57 bits per heavy atom. The molecule has 0 atom stereocenters. The summed E-state index contributed by atoms with van der Waals surface area (Å²) in [6, 6.07) is 23.4. The molecule has 0 aliphatic heterocycles. The largest absolute Gasteiger partial charge is 0.497 e. The Morgan fingerprint density at radius 1 is 0.886 bits per heavy atom. The van der Waals surface area contributed by atoms with Crippen molar-refractivity contribution in [2.45, 2.75) is 44.2 Å². The van der Waals surface area contributed by atoms with E-state index >= 15 is 0 Å². The van der Waals surface area contributed by atoms with Crippen LogP contribution in [-0.2, 0) is 28.5 Å². The summed E-state index contributed by atoms with van der Waals surface area (Å²) < 4.78 is 34.2. The molecule has 1 aromatic heterocycles. The topological polar surface area (TPSA) is 79.5 Å². The van der Waals surface area contributed by atoms with E-state index in [0.29, 0.717) is 16.8 Å². The van der Waals surface area contributed by atoms with Crippen LogP contribution >= 0.6 is 0 Å². The van der Waals surface area contributed by atoms with E-state index < -0.39 is 10.0 Å². The van der Waals surface area contributed by atoms with Crippen LogP contribution in [0, 0.1) is 0 Å². The number of methoxy groups -OCH3 is 1. The van der Waals surface area contributed by atoms with Crippen LogP contribution in [-0.4, -0.2) is 24.8 Å². The quantitative estimate of drug-likeness (QED) is 0.385. The van der Waals surface area contributed by atoms with Gasteiger partial charge in [0.25, 0.3) is 5.56 Å². The number of H-pyrrole nitrogens is 1. The molecule has 1 heterocycles. The highest BCUT2D eigenvalue weighted by molar-refractivity contribution is 7.89. The van der Waals surface area contributed by atoms with E-state index in [2.05, 4.69) is 25.8 Å². The van der Waals surface area contributed by atoms with Crippen molar-refractivity contribution in [1.82, 2.24) is 9.29 Å². The summed E-state index contributed by atoms with van der Waals surface area (Å²) in [6.45, 7) is 6.32. The number of aromatic nitrogens is 1. The lowest BCUT2D eigenvalue weighted by atomic mass is 9.87. The van der Waals surface area contributed by atoms with Gasteiger partial charge in [-0.25, -0.2) is 8.42 Å². The number of hydrogen-bond acceptors (Lipinski definition) is 4. The lowest BCUT2D eigenvalue weighted by molar-refractivity contribution is 0.399. The normalized spacial score (nSPS) is 12.3. The van der Waals surface area contributed by atoms with Crippen LogP contribution < -0.4 is 10.3 Å². The minimum absolute atomic E-state index is 0.0687. The first kappa shape index (κ1) is 24.7. The summed E-state index contributed by atoms with van der Waals surface area (Å²) >= 11 is 0. The fourth-order valence-electron chi connectivity index (χ4n) is 3.95. The molecule has 0 unspecified atom stereocenters.